The van der Waals surface area contributed by atoms with Gasteiger partial charge in [0, 0.05) is 90.8 Å². The van der Waals surface area contributed by atoms with Crippen molar-refractivity contribution in [1.29, 1.82) is 0 Å². The molecule has 16 nitrogen and oxygen atoms in total. The summed E-state index contributed by atoms with van der Waals surface area (Å²) in [6, 6.07) is 18.3. The van der Waals surface area contributed by atoms with E-state index in [9.17, 15) is 38.4 Å². The molecule has 0 saturated carbocycles. The number of carbonyl (C=O) groups is 8. The second kappa shape index (κ2) is 22.2. The highest BCUT2D eigenvalue weighted by Crippen LogP contribution is 2.31. The first-order chi connectivity index (χ1) is 28.2. The lowest BCUT2D eigenvalue weighted by atomic mass is 10.1. The maximum absolute atomic E-state index is 11.4. The maximum Gasteiger partial charge on any atom is 0.308 e. The van der Waals surface area contributed by atoms with E-state index in [0.717, 1.165) is 0 Å². The number of rotatable bonds is 12. The van der Waals surface area contributed by atoms with Gasteiger partial charge in [0.15, 0.2) is 0 Å². The van der Waals surface area contributed by atoms with Crippen molar-refractivity contribution in [2.24, 2.45) is 0 Å². The number of ether oxygens (including phenoxy) is 8. The standard InChI is InChI=1S/2C22H20O8/c2*1-13(23)27-19-8-7-18(22(12-19)30-16(4)26)6-5-17-9-20(28-14(2)24)11-21(10-17)29-15(3)25/h2*5-12H,1-4H3. The van der Waals surface area contributed by atoms with Gasteiger partial charge in [0.05, 0.1) is 0 Å². The Kier molecular flexibility index (Phi) is 17.2. The van der Waals surface area contributed by atoms with E-state index in [4.69, 9.17) is 37.9 Å². The lowest BCUT2D eigenvalue weighted by Crippen LogP contribution is -2.05. The number of esters is 8. The van der Waals surface area contributed by atoms with Gasteiger partial charge in [0.2, 0.25) is 0 Å². The molecule has 0 N–H and O–H groups in total. The van der Waals surface area contributed by atoms with Crippen LogP contribution in [0.4, 0.5) is 0 Å². The minimum atomic E-state index is -0.543. The van der Waals surface area contributed by atoms with E-state index in [0.29, 0.717) is 22.3 Å². The fourth-order valence-electron chi connectivity index (χ4n) is 4.90. The molecule has 4 rings (SSSR count). The van der Waals surface area contributed by atoms with Crippen molar-refractivity contribution in [2.45, 2.75) is 55.4 Å². The Labute approximate surface area is 344 Å². The van der Waals surface area contributed by atoms with Crippen molar-refractivity contribution in [3.8, 4) is 46.0 Å². The summed E-state index contributed by atoms with van der Waals surface area (Å²) in [5.74, 6) is -2.57. The third-order valence-corrected chi connectivity index (χ3v) is 6.76. The van der Waals surface area contributed by atoms with Crippen LogP contribution in [-0.2, 0) is 38.4 Å². The number of benzene rings is 4. The van der Waals surface area contributed by atoms with Crippen molar-refractivity contribution in [1.82, 2.24) is 0 Å². The highest BCUT2D eigenvalue weighted by Gasteiger charge is 2.12. The molecule has 0 fully saturated rings. The lowest BCUT2D eigenvalue weighted by Gasteiger charge is -2.09. The van der Waals surface area contributed by atoms with Gasteiger partial charge in [0.1, 0.15) is 46.0 Å². The van der Waals surface area contributed by atoms with Crippen LogP contribution in [0.2, 0.25) is 0 Å². The van der Waals surface area contributed by atoms with Crippen LogP contribution < -0.4 is 37.9 Å². The minimum Gasteiger partial charge on any atom is -0.427 e. The average Bonchev–Trinajstić information content (AvgIpc) is 3.09. The van der Waals surface area contributed by atoms with E-state index >= 15 is 0 Å². The Morgan fingerprint density at radius 3 is 0.800 bits per heavy atom. The molecule has 0 saturated heterocycles. The van der Waals surface area contributed by atoms with Crippen molar-refractivity contribution < 1.29 is 76.3 Å². The summed E-state index contributed by atoms with van der Waals surface area (Å²) in [4.78, 5) is 90.2. The molecular formula is C44H40O16. The largest absolute Gasteiger partial charge is 0.427 e. The van der Waals surface area contributed by atoms with Gasteiger partial charge in [0.25, 0.3) is 0 Å². The summed E-state index contributed by atoms with van der Waals surface area (Å²) >= 11 is 0. The molecule has 4 aromatic rings. The molecule has 0 radical (unpaired) electrons. The van der Waals surface area contributed by atoms with Gasteiger partial charge < -0.3 is 37.9 Å². The zero-order chi connectivity index (χ0) is 44.5. The highest BCUT2D eigenvalue weighted by molar-refractivity contribution is 5.81. The molecule has 0 spiro atoms. The molecular weight excluding hydrogens is 784 g/mol. The van der Waals surface area contributed by atoms with Gasteiger partial charge in [-0.05, 0) is 59.7 Å². The predicted molar refractivity (Wildman–Crippen MR) is 214 cm³/mol. The summed E-state index contributed by atoms with van der Waals surface area (Å²) < 4.78 is 40.7. The summed E-state index contributed by atoms with van der Waals surface area (Å²) in [5, 5.41) is 0. The molecule has 0 amide bonds. The third-order valence-electron chi connectivity index (χ3n) is 6.76. The second-order valence-electron chi connectivity index (χ2n) is 12.3. The first-order valence-electron chi connectivity index (χ1n) is 17.7. The molecule has 0 aromatic heterocycles. The zero-order valence-corrected chi connectivity index (χ0v) is 33.8. The van der Waals surface area contributed by atoms with E-state index in [1.54, 1.807) is 72.8 Å². The Morgan fingerprint density at radius 2 is 0.550 bits per heavy atom. The van der Waals surface area contributed by atoms with E-state index < -0.39 is 47.8 Å². The molecule has 0 unspecified atom stereocenters. The van der Waals surface area contributed by atoms with Crippen molar-refractivity contribution in [3.63, 3.8) is 0 Å². The van der Waals surface area contributed by atoms with Crippen LogP contribution in [0.5, 0.6) is 46.0 Å². The van der Waals surface area contributed by atoms with Crippen LogP contribution in [0.15, 0.2) is 72.8 Å². The number of carbonyl (C=O) groups excluding carboxylic acids is 8. The molecule has 0 heterocycles. The summed E-state index contributed by atoms with van der Waals surface area (Å²) in [6.07, 6.45) is 6.57. The fraction of sp³-hybridized carbons (Fsp3) is 0.182. The third kappa shape index (κ3) is 17.1. The molecule has 0 aliphatic carbocycles. The van der Waals surface area contributed by atoms with Crippen LogP contribution in [0.25, 0.3) is 24.3 Å². The quantitative estimate of drug-likeness (QED) is 0.0791. The smallest absolute Gasteiger partial charge is 0.308 e. The normalized spacial score (nSPS) is 10.4. The molecule has 4 aromatic carbocycles. The first-order valence-corrected chi connectivity index (χ1v) is 17.7. The second-order valence-corrected chi connectivity index (χ2v) is 12.3. The molecule has 312 valence electrons. The molecule has 0 aliphatic heterocycles. The Hall–Kier alpha value is -7.88. The van der Waals surface area contributed by atoms with Gasteiger partial charge in [-0.25, -0.2) is 0 Å². The summed E-state index contributed by atoms with van der Waals surface area (Å²) in [6.45, 7) is 10.0. The van der Waals surface area contributed by atoms with E-state index in [1.165, 1.54) is 79.7 Å². The van der Waals surface area contributed by atoms with Gasteiger partial charge in [-0.1, -0.05) is 24.3 Å². The first kappa shape index (κ1) is 46.5. The van der Waals surface area contributed by atoms with Gasteiger partial charge in [-0.15, -0.1) is 0 Å². The monoisotopic (exact) mass is 824 g/mol. The molecule has 0 atom stereocenters. The molecule has 0 bridgehead atoms. The van der Waals surface area contributed by atoms with Crippen molar-refractivity contribution >= 4 is 72.1 Å². The lowest BCUT2D eigenvalue weighted by molar-refractivity contribution is -0.133. The highest BCUT2D eigenvalue weighted by atomic mass is 16.6. The van der Waals surface area contributed by atoms with Crippen molar-refractivity contribution in [2.75, 3.05) is 0 Å². The SMILES string of the molecule is CC(=O)Oc1cc(C=Cc2ccc(OC(C)=O)cc2OC(C)=O)cc(OC(C)=O)c1.CC(=O)Oc1cc(C=Cc2ccc(OC(C)=O)cc2OC(C)=O)cc(OC(C)=O)c1. The van der Waals surface area contributed by atoms with E-state index in [1.807, 2.05) is 0 Å². The van der Waals surface area contributed by atoms with Crippen LogP contribution in [0.3, 0.4) is 0 Å². The van der Waals surface area contributed by atoms with Crippen molar-refractivity contribution in [3.05, 3.63) is 95.1 Å². The van der Waals surface area contributed by atoms with Crippen LogP contribution in [0, 0.1) is 0 Å². The fourth-order valence-corrected chi connectivity index (χ4v) is 4.90. The van der Waals surface area contributed by atoms with Gasteiger partial charge in [-0.3, -0.25) is 38.4 Å². The van der Waals surface area contributed by atoms with Gasteiger partial charge >= 0.3 is 47.8 Å². The van der Waals surface area contributed by atoms with E-state index in [2.05, 4.69) is 0 Å². The Bertz CT molecular complexity index is 2140. The topological polar surface area (TPSA) is 210 Å². The van der Waals surface area contributed by atoms with Gasteiger partial charge in [-0.2, -0.15) is 0 Å². The number of hydrogen-bond donors (Lipinski definition) is 0. The van der Waals surface area contributed by atoms with Crippen LogP contribution in [0.1, 0.15) is 77.6 Å². The zero-order valence-electron chi connectivity index (χ0n) is 33.8. The summed E-state index contributed by atoms with van der Waals surface area (Å²) in [7, 11) is 0. The minimum absolute atomic E-state index is 0.189. The average molecular weight is 825 g/mol. The Morgan fingerprint density at radius 1 is 0.300 bits per heavy atom. The van der Waals surface area contributed by atoms with Crippen LogP contribution in [-0.4, -0.2) is 47.8 Å². The molecule has 0 aliphatic rings. The summed E-state index contributed by atoms with van der Waals surface area (Å²) in [5.41, 5.74) is 2.16. The number of hydrogen-bond acceptors (Lipinski definition) is 16. The van der Waals surface area contributed by atoms with Crippen LogP contribution >= 0.6 is 0 Å². The molecule has 16 heteroatoms. The maximum atomic E-state index is 11.4. The predicted octanol–water partition coefficient (Wildman–Crippen LogP) is 7.12. The Balaban J connectivity index is 0.000000320. The van der Waals surface area contributed by atoms with E-state index in [-0.39, 0.29) is 46.0 Å². The molecule has 60 heavy (non-hydrogen) atoms.